The maximum Gasteiger partial charge on any atom is 0.360 e. The lowest BCUT2D eigenvalue weighted by molar-refractivity contribution is 0.0593. The zero-order chi connectivity index (χ0) is 23.9. The molecule has 3 aromatic rings. The summed E-state index contributed by atoms with van der Waals surface area (Å²) in [7, 11) is 1.33. The first-order valence-corrected chi connectivity index (χ1v) is 12.0. The Morgan fingerprint density at radius 1 is 1.18 bits per heavy atom. The number of carbonyl (C=O) groups excluding carboxylic acids is 1. The number of fused-ring (bicyclic) bond motifs is 1. The molecule has 1 aromatic carbocycles. The molecule has 1 fully saturated rings. The van der Waals surface area contributed by atoms with Crippen LogP contribution in [-0.2, 0) is 11.2 Å². The molecule has 0 saturated carbocycles. The maximum absolute atomic E-state index is 12.6. The number of benzene rings is 1. The van der Waals surface area contributed by atoms with E-state index in [1.165, 1.54) is 30.0 Å². The zero-order valence-electron chi connectivity index (χ0n) is 18.9. The molecule has 9 nitrogen and oxygen atoms in total. The zero-order valence-corrected chi connectivity index (χ0v) is 19.7. The molecule has 176 valence electrons. The van der Waals surface area contributed by atoms with Crippen LogP contribution >= 0.6 is 11.8 Å². The molecule has 3 heterocycles. The van der Waals surface area contributed by atoms with Crippen LogP contribution < -0.4 is 22.1 Å². The van der Waals surface area contributed by atoms with E-state index in [1.54, 1.807) is 18.3 Å². The Balaban J connectivity index is 1.40. The predicted octanol–water partition coefficient (Wildman–Crippen LogP) is 2.82. The van der Waals surface area contributed by atoms with Gasteiger partial charge in [0.05, 0.1) is 7.11 Å². The second-order valence-electron chi connectivity index (χ2n) is 8.80. The molecule has 1 spiro atoms. The van der Waals surface area contributed by atoms with E-state index in [2.05, 4.69) is 38.1 Å². The number of aromatic nitrogens is 3. The number of carbonyl (C=O) groups is 1. The smallest absolute Gasteiger partial charge is 0.360 e. The number of hydrogen-bond acceptors (Lipinski definition) is 10. The maximum atomic E-state index is 12.6. The van der Waals surface area contributed by atoms with Gasteiger partial charge in [-0.05, 0) is 47.9 Å². The summed E-state index contributed by atoms with van der Waals surface area (Å²) in [4.78, 5) is 28.7. The summed E-state index contributed by atoms with van der Waals surface area (Å²) in [6, 6.07) is 11.9. The van der Waals surface area contributed by atoms with Crippen molar-refractivity contribution in [3.05, 3.63) is 59.4 Å². The fraction of sp³-hybridized carbons (Fsp3) is 0.333. The number of anilines is 3. The predicted molar refractivity (Wildman–Crippen MR) is 132 cm³/mol. The summed E-state index contributed by atoms with van der Waals surface area (Å²) in [5.41, 5.74) is 21.5. The number of nitrogen functional groups attached to an aromatic ring is 2. The first kappa shape index (κ1) is 22.4. The Morgan fingerprint density at radius 3 is 2.65 bits per heavy atom. The molecule has 0 bridgehead atoms. The summed E-state index contributed by atoms with van der Waals surface area (Å²) in [5.74, 6) is 0.523. The summed E-state index contributed by atoms with van der Waals surface area (Å²) < 4.78 is 5.02. The van der Waals surface area contributed by atoms with E-state index in [4.69, 9.17) is 21.9 Å². The monoisotopic (exact) mass is 477 g/mol. The minimum Gasteiger partial charge on any atom is -0.464 e. The largest absolute Gasteiger partial charge is 0.464 e. The van der Waals surface area contributed by atoms with Crippen LogP contribution in [0.25, 0.3) is 0 Å². The van der Waals surface area contributed by atoms with E-state index in [-0.39, 0.29) is 23.0 Å². The van der Waals surface area contributed by atoms with Crippen molar-refractivity contribution in [2.24, 2.45) is 11.1 Å². The van der Waals surface area contributed by atoms with Gasteiger partial charge in [0.2, 0.25) is 0 Å². The minimum absolute atomic E-state index is 0.00801. The van der Waals surface area contributed by atoms with Crippen LogP contribution in [0.4, 0.5) is 17.5 Å². The van der Waals surface area contributed by atoms with Gasteiger partial charge < -0.3 is 26.8 Å². The summed E-state index contributed by atoms with van der Waals surface area (Å²) in [5, 5.41) is 0.413. The number of esters is 1. The van der Waals surface area contributed by atoms with E-state index in [1.807, 2.05) is 6.07 Å². The number of pyridine rings is 1. The lowest BCUT2D eigenvalue weighted by Gasteiger charge is -2.42. The SMILES string of the molecule is COC(=O)c1nc(Sc2ccnc(N)c2)c(N)nc1N1CCC2(CC1)Cc1ccccc1[C@H]2N. The van der Waals surface area contributed by atoms with Crippen molar-refractivity contribution in [2.45, 2.75) is 35.2 Å². The Kier molecular flexibility index (Phi) is 5.78. The fourth-order valence-electron chi connectivity index (χ4n) is 5.03. The lowest BCUT2D eigenvalue weighted by atomic mass is 9.73. The molecule has 0 unspecified atom stereocenters. The van der Waals surface area contributed by atoms with Crippen LogP contribution in [0.2, 0.25) is 0 Å². The Bertz CT molecular complexity index is 1240. The molecular formula is C24H27N7O2S. The molecule has 1 aliphatic heterocycles. The van der Waals surface area contributed by atoms with E-state index in [0.29, 0.717) is 29.8 Å². The number of piperidine rings is 1. The van der Waals surface area contributed by atoms with Gasteiger partial charge in [-0.15, -0.1) is 0 Å². The van der Waals surface area contributed by atoms with Gasteiger partial charge in [-0.25, -0.2) is 19.7 Å². The minimum atomic E-state index is -0.552. The molecule has 1 saturated heterocycles. The molecule has 6 N–H and O–H groups in total. The highest BCUT2D eigenvalue weighted by Gasteiger charge is 2.46. The average molecular weight is 478 g/mol. The molecule has 0 radical (unpaired) electrons. The van der Waals surface area contributed by atoms with Crippen molar-refractivity contribution in [1.29, 1.82) is 0 Å². The number of hydrogen-bond donors (Lipinski definition) is 3. The van der Waals surface area contributed by atoms with Crippen LogP contribution in [-0.4, -0.2) is 41.1 Å². The molecule has 34 heavy (non-hydrogen) atoms. The summed E-state index contributed by atoms with van der Waals surface area (Å²) in [6.07, 6.45) is 4.35. The molecule has 0 amide bonds. The molecule has 1 aliphatic carbocycles. The molecule has 5 rings (SSSR count). The van der Waals surface area contributed by atoms with Crippen LogP contribution in [0.15, 0.2) is 52.5 Å². The van der Waals surface area contributed by atoms with Gasteiger partial charge >= 0.3 is 5.97 Å². The van der Waals surface area contributed by atoms with Crippen molar-refractivity contribution < 1.29 is 9.53 Å². The molecular weight excluding hydrogens is 450 g/mol. The number of nitrogens with two attached hydrogens (primary N) is 3. The Morgan fingerprint density at radius 2 is 1.94 bits per heavy atom. The quantitative estimate of drug-likeness (QED) is 0.479. The third-order valence-corrected chi connectivity index (χ3v) is 7.85. The van der Waals surface area contributed by atoms with Gasteiger partial charge in [-0.3, -0.25) is 0 Å². The van der Waals surface area contributed by atoms with E-state index in [0.717, 1.165) is 24.2 Å². The number of methoxy groups -OCH3 is 1. The van der Waals surface area contributed by atoms with Crippen LogP contribution in [0.3, 0.4) is 0 Å². The first-order chi connectivity index (χ1) is 16.4. The molecule has 1 atom stereocenters. The number of ether oxygens (including phenoxy) is 1. The van der Waals surface area contributed by atoms with Crippen LogP contribution in [0.5, 0.6) is 0 Å². The van der Waals surface area contributed by atoms with Gasteiger partial charge in [-0.1, -0.05) is 36.0 Å². The third kappa shape index (κ3) is 3.92. The summed E-state index contributed by atoms with van der Waals surface area (Å²) >= 11 is 1.27. The normalized spacial score (nSPS) is 18.6. The Labute approximate surface area is 202 Å². The van der Waals surface area contributed by atoms with Crippen molar-refractivity contribution >= 4 is 35.2 Å². The number of rotatable bonds is 4. The van der Waals surface area contributed by atoms with Crippen LogP contribution in [0, 0.1) is 5.41 Å². The highest BCUT2D eigenvalue weighted by molar-refractivity contribution is 7.99. The van der Waals surface area contributed by atoms with Gasteiger partial charge in [0.25, 0.3) is 0 Å². The van der Waals surface area contributed by atoms with E-state index < -0.39 is 5.97 Å². The number of nitrogens with zero attached hydrogens (tertiary/aromatic N) is 4. The van der Waals surface area contributed by atoms with Crippen molar-refractivity contribution in [3.63, 3.8) is 0 Å². The van der Waals surface area contributed by atoms with Crippen molar-refractivity contribution in [1.82, 2.24) is 15.0 Å². The highest BCUT2D eigenvalue weighted by atomic mass is 32.2. The second kappa shape index (κ2) is 8.77. The molecule has 2 aliphatic rings. The van der Waals surface area contributed by atoms with Crippen LogP contribution in [0.1, 0.15) is 40.5 Å². The topological polar surface area (TPSA) is 146 Å². The fourth-order valence-corrected chi connectivity index (χ4v) is 5.84. The van der Waals surface area contributed by atoms with Crippen molar-refractivity contribution in [3.8, 4) is 0 Å². The van der Waals surface area contributed by atoms with Gasteiger partial charge in [0.1, 0.15) is 10.8 Å². The average Bonchev–Trinajstić information content (AvgIpc) is 3.11. The van der Waals surface area contributed by atoms with Gasteiger partial charge in [-0.2, -0.15) is 0 Å². The van der Waals surface area contributed by atoms with Gasteiger partial charge in [0.15, 0.2) is 17.3 Å². The van der Waals surface area contributed by atoms with E-state index >= 15 is 0 Å². The van der Waals surface area contributed by atoms with Crippen molar-refractivity contribution in [2.75, 3.05) is 36.6 Å². The standard InChI is InChI=1S/C24H27N7O2S/c1-33-23(32)18-21(30-20(27)22(29-18)34-15-6-9-28-17(25)12-15)31-10-7-24(8-11-31)13-14-4-2-3-5-16(14)19(24)26/h2-6,9,12,19H,7-8,10-11,13,26H2,1H3,(H2,25,28)(H2,27,30)/t19-/m1/s1. The third-order valence-electron chi connectivity index (χ3n) is 6.87. The molecule has 10 heteroatoms. The van der Waals surface area contributed by atoms with E-state index in [9.17, 15) is 4.79 Å². The van der Waals surface area contributed by atoms with Gasteiger partial charge in [0, 0.05) is 30.2 Å². The summed E-state index contributed by atoms with van der Waals surface area (Å²) in [6.45, 7) is 1.40. The first-order valence-electron chi connectivity index (χ1n) is 11.1. The highest BCUT2D eigenvalue weighted by Crippen LogP contribution is 2.51. The molecule has 2 aromatic heterocycles. The lowest BCUT2D eigenvalue weighted by Crippen LogP contribution is -2.45. The Hall–Kier alpha value is -3.37. The second-order valence-corrected chi connectivity index (χ2v) is 9.86.